The fourth-order valence-corrected chi connectivity index (χ4v) is 2.63. The highest BCUT2D eigenvalue weighted by atomic mass is 32.1. The number of hydrogen-bond acceptors (Lipinski definition) is 8. The number of nitro groups is 1. The monoisotopic (exact) mass is 396 g/mol. The summed E-state index contributed by atoms with van der Waals surface area (Å²) in [6.45, 7) is 0.0822. The van der Waals surface area contributed by atoms with E-state index < -0.39 is 10.8 Å². The number of amides is 1. The molecule has 0 aliphatic rings. The average Bonchev–Trinajstić information content (AvgIpc) is 3.36. The normalized spacial score (nSPS) is 10.9. The molecule has 0 bridgehead atoms. The summed E-state index contributed by atoms with van der Waals surface area (Å²) in [6.07, 6.45) is 2.86. The van der Waals surface area contributed by atoms with Crippen LogP contribution >= 0.6 is 11.3 Å². The van der Waals surface area contributed by atoms with Gasteiger partial charge < -0.3 is 9.15 Å². The van der Waals surface area contributed by atoms with Gasteiger partial charge in [-0.15, -0.1) is 11.3 Å². The van der Waals surface area contributed by atoms with E-state index in [0.29, 0.717) is 22.4 Å². The quantitative estimate of drug-likeness (QED) is 0.278. The average molecular weight is 396 g/mol. The number of benzene rings is 1. The van der Waals surface area contributed by atoms with Crippen LogP contribution in [-0.4, -0.2) is 15.8 Å². The van der Waals surface area contributed by atoms with Crippen LogP contribution in [0.4, 0.5) is 10.8 Å². The summed E-state index contributed by atoms with van der Waals surface area (Å²) in [5.41, 5.74) is -0.162. The van der Waals surface area contributed by atoms with E-state index in [9.17, 15) is 20.2 Å². The Bertz CT molecular complexity index is 1050. The molecule has 0 spiro atoms. The van der Waals surface area contributed by atoms with E-state index >= 15 is 0 Å². The first-order valence-electron chi connectivity index (χ1n) is 7.84. The number of carbonyl (C=O) groups excluding carboxylic acids is 1. The van der Waals surface area contributed by atoms with E-state index in [2.05, 4.69) is 10.3 Å². The topological polar surface area (TPSA) is 131 Å². The fraction of sp³-hybridized carbons (Fsp3) is 0.0556. The zero-order chi connectivity index (χ0) is 19.9. The molecule has 140 valence electrons. The first-order chi connectivity index (χ1) is 13.5. The summed E-state index contributed by atoms with van der Waals surface area (Å²) in [4.78, 5) is 26.2. The molecule has 3 rings (SSSR count). The second-order valence-corrected chi connectivity index (χ2v) is 6.20. The van der Waals surface area contributed by atoms with Crippen LogP contribution in [0.2, 0.25) is 0 Å². The molecule has 0 radical (unpaired) electrons. The van der Waals surface area contributed by atoms with Crippen molar-refractivity contribution in [1.29, 1.82) is 5.26 Å². The molecule has 2 aromatic heterocycles. The van der Waals surface area contributed by atoms with E-state index in [1.54, 1.807) is 23.7 Å². The number of rotatable bonds is 7. The van der Waals surface area contributed by atoms with Crippen LogP contribution in [-0.2, 0) is 11.4 Å². The second kappa shape index (κ2) is 8.61. The minimum atomic E-state index is -0.586. The lowest BCUT2D eigenvalue weighted by molar-refractivity contribution is -0.384. The Morgan fingerprint density at radius 2 is 2.14 bits per heavy atom. The third kappa shape index (κ3) is 4.80. The smallest absolute Gasteiger partial charge is 0.269 e. The number of ether oxygens (including phenoxy) is 1. The minimum Gasteiger partial charge on any atom is -0.486 e. The van der Waals surface area contributed by atoms with Gasteiger partial charge in [-0.3, -0.25) is 20.2 Å². The van der Waals surface area contributed by atoms with E-state index in [1.807, 2.05) is 6.07 Å². The number of nitriles is 1. The van der Waals surface area contributed by atoms with Gasteiger partial charge in [0.15, 0.2) is 5.13 Å². The lowest BCUT2D eigenvalue weighted by Gasteiger charge is -2.03. The number of thiazole rings is 1. The number of non-ortho nitro benzene ring substituents is 1. The standard InChI is InChI=1S/C18H12N4O5S/c19-10-12(17(23)21-18-20-7-8-28-18)9-15-5-6-16(27-15)11-26-14-3-1-13(2-4-14)22(24)25/h1-9H,11H2,(H,20,21,23)/b12-9+. The Morgan fingerprint density at radius 3 is 2.79 bits per heavy atom. The fourth-order valence-electron chi connectivity index (χ4n) is 2.11. The van der Waals surface area contributed by atoms with E-state index in [1.165, 1.54) is 41.7 Å². The number of hydrogen-bond donors (Lipinski definition) is 1. The van der Waals surface area contributed by atoms with Crippen molar-refractivity contribution in [2.24, 2.45) is 0 Å². The van der Waals surface area contributed by atoms with Crippen LogP contribution < -0.4 is 10.1 Å². The molecule has 2 heterocycles. The Morgan fingerprint density at radius 1 is 1.36 bits per heavy atom. The van der Waals surface area contributed by atoms with Gasteiger partial charge >= 0.3 is 0 Å². The number of nitro benzene ring substituents is 1. The molecule has 0 saturated carbocycles. The molecule has 0 unspecified atom stereocenters. The zero-order valence-electron chi connectivity index (χ0n) is 14.2. The Kier molecular flexibility index (Phi) is 5.78. The lowest BCUT2D eigenvalue weighted by atomic mass is 10.2. The van der Waals surface area contributed by atoms with Crippen molar-refractivity contribution in [3.8, 4) is 11.8 Å². The molecule has 1 amide bonds. The van der Waals surface area contributed by atoms with E-state index in [4.69, 9.17) is 9.15 Å². The van der Waals surface area contributed by atoms with Gasteiger partial charge in [0.05, 0.1) is 4.92 Å². The van der Waals surface area contributed by atoms with Gasteiger partial charge in [-0.05, 0) is 24.3 Å². The predicted octanol–water partition coefficient (Wildman–Crippen LogP) is 3.77. The van der Waals surface area contributed by atoms with Gasteiger partial charge in [-0.25, -0.2) is 4.98 Å². The number of carbonyl (C=O) groups is 1. The highest BCUT2D eigenvalue weighted by Crippen LogP contribution is 2.20. The molecule has 1 N–H and O–H groups in total. The van der Waals surface area contributed by atoms with Crippen molar-refractivity contribution in [3.05, 3.63) is 75.2 Å². The summed E-state index contributed by atoms with van der Waals surface area (Å²) in [7, 11) is 0. The van der Waals surface area contributed by atoms with Crippen molar-refractivity contribution in [2.45, 2.75) is 6.61 Å². The molecule has 9 nitrogen and oxygen atoms in total. The Hall–Kier alpha value is -3.97. The first-order valence-corrected chi connectivity index (χ1v) is 8.72. The molecule has 0 saturated heterocycles. The third-order valence-electron chi connectivity index (χ3n) is 3.42. The van der Waals surface area contributed by atoms with E-state index in [0.717, 1.165) is 0 Å². The Labute approximate surface area is 162 Å². The molecule has 0 atom stereocenters. The van der Waals surface area contributed by atoms with Gasteiger partial charge in [0.2, 0.25) is 0 Å². The van der Waals surface area contributed by atoms with Gasteiger partial charge in [0, 0.05) is 29.8 Å². The predicted molar refractivity (Wildman–Crippen MR) is 100 cm³/mol. The lowest BCUT2D eigenvalue weighted by Crippen LogP contribution is -2.13. The SMILES string of the molecule is N#C/C(=C\c1ccc(COc2ccc([N+](=O)[O-])cc2)o1)C(=O)Nc1nccs1. The molecular weight excluding hydrogens is 384 g/mol. The molecule has 1 aromatic carbocycles. The van der Waals surface area contributed by atoms with E-state index in [-0.39, 0.29) is 17.9 Å². The summed E-state index contributed by atoms with van der Waals surface area (Å²) >= 11 is 1.24. The molecular formula is C18H12N4O5S. The summed E-state index contributed by atoms with van der Waals surface area (Å²) in [6, 6.07) is 10.7. The number of anilines is 1. The van der Waals surface area contributed by atoms with Crippen molar-refractivity contribution < 1.29 is 18.9 Å². The molecule has 0 aliphatic heterocycles. The highest BCUT2D eigenvalue weighted by molar-refractivity contribution is 7.13. The van der Waals surface area contributed by atoms with Gasteiger partial charge in [-0.2, -0.15) is 5.26 Å². The van der Waals surface area contributed by atoms with Crippen LogP contribution in [0.5, 0.6) is 5.75 Å². The van der Waals surface area contributed by atoms with Crippen molar-refractivity contribution in [3.63, 3.8) is 0 Å². The van der Waals surface area contributed by atoms with Crippen LogP contribution in [0.15, 0.2) is 58.0 Å². The second-order valence-electron chi connectivity index (χ2n) is 5.30. The summed E-state index contributed by atoms with van der Waals surface area (Å²) in [5.74, 6) is 0.632. The Balaban J connectivity index is 1.62. The number of aromatic nitrogens is 1. The summed E-state index contributed by atoms with van der Waals surface area (Å²) < 4.78 is 11.0. The molecule has 3 aromatic rings. The summed E-state index contributed by atoms with van der Waals surface area (Å²) in [5, 5.41) is 24.4. The van der Waals surface area contributed by atoms with Gasteiger partial charge in [-0.1, -0.05) is 0 Å². The number of furan rings is 1. The molecule has 10 heteroatoms. The first kappa shape index (κ1) is 18.8. The maximum atomic E-state index is 12.1. The van der Waals surface area contributed by atoms with Crippen LogP contribution in [0.1, 0.15) is 11.5 Å². The largest absolute Gasteiger partial charge is 0.486 e. The van der Waals surface area contributed by atoms with Crippen molar-refractivity contribution in [1.82, 2.24) is 4.98 Å². The van der Waals surface area contributed by atoms with Crippen LogP contribution in [0, 0.1) is 21.4 Å². The van der Waals surface area contributed by atoms with Crippen molar-refractivity contribution in [2.75, 3.05) is 5.32 Å². The van der Waals surface area contributed by atoms with Gasteiger partial charge in [0.25, 0.3) is 11.6 Å². The maximum Gasteiger partial charge on any atom is 0.269 e. The zero-order valence-corrected chi connectivity index (χ0v) is 15.0. The van der Waals surface area contributed by atoms with Gasteiger partial charge in [0.1, 0.15) is 35.5 Å². The van der Waals surface area contributed by atoms with Crippen LogP contribution in [0.3, 0.4) is 0 Å². The number of nitrogens with zero attached hydrogens (tertiary/aromatic N) is 3. The van der Waals surface area contributed by atoms with Crippen LogP contribution in [0.25, 0.3) is 6.08 Å². The molecule has 0 aliphatic carbocycles. The number of nitrogens with one attached hydrogen (secondary N) is 1. The third-order valence-corrected chi connectivity index (χ3v) is 4.10. The molecule has 0 fully saturated rings. The highest BCUT2D eigenvalue weighted by Gasteiger charge is 2.12. The minimum absolute atomic E-state index is 0.0298. The maximum absolute atomic E-state index is 12.1. The van der Waals surface area contributed by atoms with Crippen molar-refractivity contribution >= 4 is 34.1 Å². The molecule has 28 heavy (non-hydrogen) atoms.